The number of pyridine rings is 2. The lowest BCUT2D eigenvalue weighted by Gasteiger charge is -2.14. The maximum Gasteiger partial charge on any atom is 0.337 e. The van der Waals surface area contributed by atoms with Crippen molar-refractivity contribution in [3.8, 4) is 5.88 Å². The molecule has 1 N–H and O–H groups in total. The second-order valence-electron chi connectivity index (χ2n) is 4.73. The van der Waals surface area contributed by atoms with Gasteiger partial charge in [0.1, 0.15) is 0 Å². The first-order valence-electron chi connectivity index (χ1n) is 6.37. The fourth-order valence-corrected chi connectivity index (χ4v) is 2.25. The van der Waals surface area contributed by atoms with E-state index in [4.69, 9.17) is 4.74 Å². The van der Waals surface area contributed by atoms with Crippen LogP contribution in [0.4, 0.5) is 0 Å². The highest BCUT2D eigenvalue weighted by atomic mass is 16.5. The number of nitrogens with zero attached hydrogens (tertiary/aromatic N) is 2. The van der Waals surface area contributed by atoms with Gasteiger partial charge in [0.05, 0.1) is 19.2 Å². The summed E-state index contributed by atoms with van der Waals surface area (Å²) in [6, 6.07) is 4.83. The molecule has 6 nitrogen and oxygen atoms in total. The Kier molecular flexibility index (Phi) is 4.07. The van der Waals surface area contributed by atoms with Crippen molar-refractivity contribution in [1.82, 2.24) is 9.55 Å². The average Bonchev–Trinajstić information content (AvgIpc) is 2.43. The fraction of sp³-hybridized carbons (Fsp3) is 0.267. The maximum absolute atomic E-state index is 12.1. The third kappa shape index (κ3) is 2.94. The van der Waals surface area contributed by atoms with Crippen LogP contribution in [0, 0.1) is 13.8 Å². The van der Waals surface area contributed by atoms with Crippen LogP contribution in [-0.2, 0) is 6.54 Å². The van der Waals surface area contributed by atoms with Gasteiger partial charge >= 0.3 is 5.97 Å². The van der Waals surface area contributed by atoms with Crippen molar-refractivity contribution in [2.45, 2.75) is 20.4 Å². The summed E-state index contributed by atoms with van der Waals surface area (Å²) in [5, 5.41) is 9.25. The number of hydrogen-bond donors (Lipinski definition) is 1. The van der Waals surface area contributed by atoms with E-state index in [1.807, 2.05) is 0 Å². The summed E-state index contributed by atoms with van der Waals surface area (Å²) >= 11 is 0. The lowest BCUT2D eigenvalue weighted by atomic mass is 10.1. The van der Waals surface area contributed by atoms with Crippen LogP contribution < -0.4 is 10.3 Å². The smallest absolute Gasteiger partial charge is 0.337 e. The van der Waals surface area contributed by atoms with Crippen molar-refractivity contribution in [3.05, 3.63) is 57.1 Å². The number of carboxylic acids is 1. The average molecular weight is 288 g/mol. The van der Waals surface area contributed by atoms with Crippen molar-refractivity contribution in [1.29, 1.82) is 0 Å². The Morgan fingerprint density at radius 3 is 2.62 bits per heavy atom. The molecule has 0 atom stereocenters. The first-order valence-corrected chi connectivity index (χ1v) is 6.37. The molecule has 0 saturated heterocycles. The van der Waals surface area contributed by atoms with E-state index in [1.54, 1.807) is 32.2 Å². The van der Waals surface area contributed by atoms with Crippen LogP contribution in [0.2, 0.25) is 0 Å². The Morgan fingerprint density at radius 1 is 1.38 bits per heavy atom. The molecular formula is C15H16N2O4. The molecule has 2 heterocycles. The van der Waals surface area contributed by atoms with Gasteiger partial charge in [0.15, 0.2) is 0 Å². The molecule has 0 aliphatic carbocycles. The molecule has 0 spiro atoms. The summed E-state index contributed by atoms with van der Waals surface area (Å²) in [6.45, 7) is 3.52. The monoisotopic (exact) mass is 288 g/mol. The van der Waals surface area contributed by atoms with Crippen molar-refractivity contribution in [2.24, 2.45) is 0 Å². The van der Waals surface area contributed by atoms with Gasteiger partial charge in [0.25, 0.3) is 5.56 Å². The molecule has 0 aromatic carbocycles. The predicted molar refractivity (Wildman–Crippen MR) is 77.0 cm³/mol. The second kappa shape index (κ2) is 5.78. The van der Waals surface area contributed by atoms with Gasteiger partial charge in [-0.15, -0.1) is 0 Å². The third-order valence-corrected chi connectivity index (χ3v) is 3.33. The summed E-state index contributed by atoms with van der Waals surface area (Å²) in [5.74, 6) is -0.551. The van der Waals surface area contributed by atoms with Gasteiger partial charge in [-0.25, -0.2) is 9.78 Å². The van der Waals surface area contributed by atoms with Crippen LogP contribution in [0.15, 0.2) is 29.2 Å². The van der Waals surface area contributed by atoms with Crippen molar-refractivity contribution in [2.75, 3.05) is 7.11 Å². The highest BCUT2D eigenvalue weighted by Crippen LogP contribution is 2.13. The number of carbonyl (C=O) groups is 1. The number of methoxy groups -OCH3 is 1. The first kappa shape index (κ1) is 14.8. The number of ether oxygens (including phenoxy) is 1. The number of hydrogen-bond acceptors (Lipinski definition) is 4. The van der Waals surface area contributed by atoms with E-state index in [-0.39, 0.29) is 17.7 Å². The molecular weight excluding hydrogens is 272 g/mol. The fourth-order valence-electron chi connectivity index (χ4n) is 2.25. The van der Waals surface area contributed by atoms with E-state index in [9.17, 15) is 14.7 Å². The Bertz CT molecular complexity index is 733. The minimum atomic E-state index is -1.04. The molecule has 21 heavy (non-hydrogen) atoms. The Morgan fingerprint density at radius 2 is 2.10 bits per heavy atom. The highest BCUT2D eigenvalue weighted by Gasteiger charge is 2.16. The highest BCUT2D eigenvalue weighted by molar-refractivity contribution is 5.90. The molecule has 2 aromatic heterocycles. The van der Waals surface area contributed by atoms with Crippen molar-refractivity contribution in [3.63, 3.8) is 0 Å². The summed E-state index contributed by atoms with van der Waals surface area (Å²) in [4.78, 5) is 27.5. The standard InChI is InChI=1S/C15H16N2O4/c1-9-6-13(18)17(10(2)14(9)15(19)20)8-11-4-5-12(21-3)16-7-11/h4-7H,8H2,1-3H3,(H,19,20). The molecule has 0 bridgehead atoms. The van der Waals surface area contributed by atoms with Crippen molar-refractivity contribution >= 4 is 5.97 Å². The predicted octanol–water partition coefficient (Wildman–Crippen LogP) is 1.62. The maximum atomic E-state index is 12.1. The summed E-state index contributed by atoms with van der Waals surface area (Å²) in [6.07, 6.45) is 1.60. The number of aromatic nitrogens is 2. The Labute approximate surface area is 121 Å². The van der Waals surface area contributed by atoms with Gasteiger partial charge in [0.2, 0.25) is 5.88 Å². The lowest BCUT2D eigenvalue weighted by molar-refractivity contribution is 0.0694. The molecule has 2 aromatic rings. The van der Waals surface area contributed by atoms with Gasteiger partial charge in [-0.05, 0) is 25.0 Å². The van der Waals surface area contributed by atoms with Gasteiger partial charge in [0, 0.05) is 24.0 Å². The summed E-state index contributed by atoms with van der Waals surface area (Å²) in [7, 11) is 1.52. The quantitative estimate of drug-likeness (QED) is 0.924. The largest absolute Gasteiger partial charge is 0.481 e. The zero-order valence-corrected chi connectivity index (χ0v) is 12.1. The first-order chi connectivity index (χ1) is 9.93. The lowest BCUT2D eigenvalue weighted by Crippen LogP contribution is -2.26. The van der Waals surface area contributed by atoms with Gasteiger partial charge in [-0.2, -0.15) is 0 Å². The molecule has 0 radical (unpaired) electrons. The molecule has 0 aliphatic heterocycles. The molecule has 0 unspecified atom stereocenters. The molecule has 0 amide bonds. The Balaban J connectivity index is 2.46. The third-order valence-electron chi connectivity index (χ3n) is 3.33. The van der Waals surface area contributed by atoms with E-state index in [2.05, 4.69) is 4.98 Å². The van der Waals surface area contributed by atoms with Crippen LogP contribution in [0.5, 0.6) is 5.88 Å². The molecule has 2 rings (SSSR count). The molecule has 110 valence electrons. The van der Waals surface area contributed by atoms with E-state index in [0.29, 0.717) is 17.1 Å². The van der Waals surface area contributed by atoms with E-state index >= 15 is 0 Å². The second-order valence-corrected chi connectivity index (χ2v) is 4.73. The van der Waals surface area contributed by atoms with Crippen LogP contribution in [0.25, 0.3) is 0 Å². The Hall–Kier alpha value is -2.63. The van der Waals surface area contributed by atoms with E-state index in [0.717, 1.165) is 5.56 Å². The van der Waals surface area contributed by atoms with Gasteiger partial charge in [-0.3, -0.25) is 4.79 Å². The van der Waals surface area contributed by atoms with E-state index < -0.39 is 5.97 Å². The summed E-state index contributed by atoms with van der Waals surface area (Å²) < 4.78 is 6.41. The number of aryl methyl sites for hydroxylation is 1. The zero-order chi connectivity index (χ0) is 15.6. The minimum Gasteiger partial charge on any atom is -0.481 e. The molecule has 0 saturated carbocycles. The van der Waals surface area contributed by atoms with Gasteiger partial charge < -0.3 is 14.4 Å². The summed E-state index contributed by atoms with van der Waals surface area (Å²) in [5.41, 5.74) is 1.63. The molecule has 6 heteroatoms. The number of carboxylic acid groups (broad SMARTS) is 1. The topological polar surface area (TPSA) is 81.4 Å². The number of rotatable bonds is 4. The van der Waals surface area contributed by atoms with Gasteiger partial charge in [-0.1, -0.05) is 6.07 Å². The van der Waals surface area contributed by atoms with E-state index in [1.165, 1.54) is 17.7 Å². The van der Waals surface area contributed by atoms with Crippen LogP contribution in [0.1, 0.15) is 27.2 Å². The minimum absolute atomic E-state index is 0.163. The zero-order valence-electron chi connectivity index (χ0n) is 12.1. The SMILES string of the molecule is COc1ccc(Cn2c(C)c(C(=O)O)c(C)cc2=O)cn1. The van der Waals surface area contributed by atoms with Crippen LogP contribution in [0.3, 0.4) is 0 Å². The number of aromatic carboxylic acids is 1. The van der Waals surface area contributed by atoms with Crippen LogP contribution >= 0.6 is 0 Å². The van der Waals surface area contributed by atoms with Crippen LogP contribution in [-0.4, -0.2) is 27.7 Å². The van der Waals surface area contributed by atoms with Crippen molar-refractivity contribution < 1.29 is 14.6 Å². The molecule has 0 fully saturated rings. The normalized spacial score (nSPS) is 10.4. The molecule has 0 aliphatic rings.